The number of nitrogens with zero attached hydrogens (tertiary/aromatic N) is 9. The third-order valence-corrected chi connectivity index (χ3v) is 31.2. The Morgan fingerprint density at radius 1 is 0.295 bits per heavy atom. The number of hydrogen-bond donors (Lipinski definition) is 0. The molecule has 11 nitrogen and oxygen atoms in total. The van der Waals surface area contributed by atoms with Gasteiger partial charge in [-0.2, -0.15) is 22.8 Å². The summed E-state index contributed by atoms with van der Waals surface area (Å²) < 4.78 is 30.6. The summed E-state index contributed by atoms with van der Waals surface area (Å²) in [5, 5.41) is 20.1. The molecule has 0 bridgehead atoms. The maximum Gasteiger partial charge on any atom is 0.336 e. The summed E-state index contributed by atoms with van der Waals surface area (Å²) in [6.07, 6.45) is 0. The molecule has 0 radical (unpaired) electrons. The molecule has 0 atom stereocenters. The Morgan fingerprint density at radius 3 is 1.23 bits per heavy atom. The van der Waals surface area contributed by atoms with Crippen molar-refractivity contribution in [1.29, 1.82) is 5.26 Å². The molecule has 2 aliphatic rings. The maximum absolute atomic E-state index is 12.0. The molecule has 0 fully saturated rings. The van der Waals surface area contributed by atoms with Crippen LogP contribution in [0.1, 0.15) is 61.2 Å². The van der Waals surface area contributed by atoms with Gasteiger partial charge in [0.2, 0.25) is 0 Å². The molecule has 690 valence electrons. The molecule has 21 aromatic carbocycles. The van der Waals surface area contributed by atoms with Gasteiger partial charge in [0.1, 0.15) is 27.6 Å². The number of aromatic nitrogens is 6. The van der Waals surface area contributed by atoms with Gasteiger partial charge in [-0.25, -0.2) is 4.79 Å². The van der Waals surface area contributed by atoms with E-state index >= 15 is 0 Å². The lowest BCUT2D eigenvalue weighted by Crippen LogP contribution is -2.25. The smallest absolute Gasteiger partial charge is 0.336 e. The fourth-order valence-corrected chi connectivity index (χ4v) is 25.3. The van der Waals surface area contributed by atoms with Crippen molar-refractivity contribution < 1.29 is 4.42 Å². The molecule has 26 aromatic rings. The van der Waals surface area contributed by atoms with E-state index in [1.54, 1.807) is 6.07 Å². The van der Waals surface area contributed by atoms with Crippen LogP contribution in [-0.4, -0.2) is 26.6 Å². The Kier molecular flexibility index (Phi) is 20.5. The van der Waals surface area contributed by atoms with Crippen molar-refractivity contribution in [1.82, 2.24) is 26.6 Å². The van der Waals surface area contributed by atoms with Crippen LogP contribution < -0.4 is 15.4 Å². The highest BCUT2D eigenvalue weighted by Crippen LogP contribution is 2.64. The number of hydrogen-bond acceptors (Lipinski definition) is 11. The van der Waals surface area contributed by atoms with Crippen LogP contribution in [0.4, 0.5) is 34.1 Å². The third-order valence-electron chi connectivity index (χ3n) is 30.2. The van der Waals surface area contributed by atoms with E-state index in [9.17, 15) is 10.1 Å². The average molecular weight is 1910 g/mol. The van der Waals surface area contributed by atoms with Gasteiger partial charge in [0.15, 0.2) is 0 Å². The van der Waals surface area contributed by atoms with Gasteiger partial charge in [0, 0.05) is 88.9 Å². The van der Waals surface area contributed by atoms with E-state index in [1.807, 2.05) is 42.5 Å². The van der Waals surface area contributed by atoms with Crippen LogP contribution in [0.3, 0.4) is 0 Å². The van der Waals surface area contributed by atoms with Crippen LogP contribution in [0.2, 0.25) is 0 Å². The minimum Gasteiger partial charge on any atom is -0.423 e. The Hall–Kier alpha value is -18.3. The summed E-state index contributed by atoms with van der Waals surface area (Å²) in [5.74, 6) is 0. The Morgan fingerprint density at radius 2 is 0.705 bits per heavy atom. The van der Waals surface area contributed by atoms with Crippen molar-refractivity contribution in [3.8, 4) is 106 Å². The molecule has 13 heteroatoms. The first-order valence-corrected chi connectivity index (χ1v) is 50.8. The molecule has 146 heavy (non-hydrogen) atoms. The van der Waals surface area contributed by atoms with E-state index in [0.717, 1.165) is 150 Å². The quantitative estimate of drug-likeness (QED) is 0.0980. The van der Waals surface area contributed by atoms with Gasteiger partial charge in [0.25, 0.3) is 0 Å². The van der Waals surface area contributed by atoms with E-state index in [4.69, 9.17) is 21.9 Å². The van der Waals surface area contributed by atoms with Crippen LogP contribution in [0, 0.1) is 52.9 Å². The summed E-state index contributed by atoms with van der Waals surface area (Å²) in [4.78, 5) is 16.6. The fourth-order valence-electron chi connectivity index (χ4n) is 24.1. The SMILES string of the molecule is Cc1cc(C)c(-c2ccc(N(c3ccc(-c4c(C)cc(C)cc4C)cc3)c3ccc(-c4ccc5c(c4)c4ccc6ccccc6c4n5-c4cccc5c4-c4ccccc4C54c5ccccc5-c5ccccc54)c4nsnc34)cc2)c(C)c1.N#Cc1cccc(-n2c3ccc(-c4ccc(N(c5ccc(-c6ccccc6)cc5)c5ccc(-c6ccc7ccc(=O)oc7c6)cc5)c5nsnc45)cc3c3ccc4ccccc4c32)c1. The lowest BCUT2D eigenvalue weighted by Gasteiger charge is -2.30. The van der Waals surface area contributed by atoms with Crippen molar-refractivity contribution in [3.63, 3.8) is 0 Å². The van der Waals surface area contributed by atoms with E-state index in [-0.39, 0.29) is 5.63 Å². The minimum absolute atomic E-state index is 0.372. The first-order chi connectivity index (χ1) is 71.7. The largest absolute Gasteiger partial charge is 0.423 e. The van der Waals surface area contributed by atoms with Gasteiger partial charge in [0.05, 0.1) is 79.6 Å². The summed E-state index contributed by atoms with van der Waals surface area (Å²) >= 11 is 2.48. The number of rotatable bonds is 14. The number of anilines is 6. The monoisotopic (exact) mass is 1910 g/mol. The van der Waals surface area contributed by atoms with Crippen LogP contribution in [-0.2, 0) is 5.41 Å². The van der Waals surface area contributed by atoms with Crippen molar-refractivity contribution in [2.45, 2.75) is 47.0 Å². The second kappa shape index (κ2) is 34.5. The summed E-state index contributed by atoms with van der Waals surface area (Å²) in [6, 6.07) is 157. The Bertz CT molecular complexity index is 9830. The highest BCUT2D eigenvalue weighted by atomic mass is 32.1. The summed E-state index contributed by atoms with van der Waals surface area (Å²) in [6.45, 7) is 13.2. The molecule has 0 amide bonds. The van der Waals surface area contributed by atoms with Gasteiger partial charge in [-0.05, 0) is 303 Å². The van der Waals surface area contributed by atoms with Gasteiger partial charge < -0.3 is 23.4 Å². The molecule has 0 unspecified atom stereocenters. The van der Waals surface area contributed by atoms with Crippen molar-refractivity contribution in [2.75, 3.05) is 9.80 Å². The van der Waals surface area contributed by atoms with Gasteiger partial charge in [-0.1, -0.05) is 302 Å². The van der Waals surface area contributed by atoms with E-state index in [1.165, 1.54) is 162 Å². The van der Waals surface area contributed by atoms with Crippen LogP contribution in [0.25, 0.3) is 199 Å². The molecule has 0 saturated heterocycles. The molecule has 0 N–H and O–H groups in total. The second-order valence-corrected chi connectivity index (χ2v) is 39.8. The first kappa shape index (κ1) is 86.8. The number of nitriles is 1. The van der Waals surface area contributed by atoms with Gasteiger partial charge in [-0.15, -0.1) is 0 Å². The van der Waals surface area contributed by atoms with Crippen LogP contribution >= 0.6 is 23.5 Å². The molecule has 0 aliphatic heterocycles. The zero-order valence-corrected chi connectivity index (χ0v) is 82.3. The fraction of sp³-hybridized carbons (Fsp3) is 0.0526. The Labute approximate surface area is 851 Å². The van der Waals surface area contributed by atoms with Gasteiger partial charge >= 0.3 is 5.63 Å². The maximum atomic E-state index is 12.0. The molecule has 1 spiro atoms. The molecule has 5 heterocycles. The van der Waals surface area contributed by atoms with Crippen molar-refractivity contribution in [3.05, 3.63) is 502 Å². The Balaban J connectivity index is 0.000000149. The van der Waals surface area contributed by atoms with Crippen molar-refractivity contribution in [2.24, 2.45) is 0 Å². The minimum atomic E-state index is -0.454. The van der Waals surface area contributed by atoms with Crippen LogP contribution in [0.5, 0.6) is 0 Å². The standard InChI is InChI=1S/C77H56N4S.C56H33N5O2S/c1-45-40-47(3)71(48(4)41-45)52-26-32-55(33-27-52)80(56-34-28-53(29-35-56)72-49(5)42-46(2)43-50(72)6)70-39-37-57(74-75(70)79-82-78-74)54-31-38-68-63(44-54)61-36-30-51-16-7-8-17-58(51)76(61)81(68)69-25-15-24-67-73(69)62-20-11-14-23-66(62)77(67)64-21-12-9-18-59(64)60-19-10-13-22-65(60)77;57-34-35-7-6-11-45(31-35)61-50-28-20-42(32-49(50)48-26-19-39-10-4-5-12-47(39)56(48)61)46-27-29-51(55-54(46)58-64-59-55)60(43-22-15-37(16-23-43)36-8-2-1-3-9-36)44-24-17-38(18-25-44)41-14-13-40-21-30-53(62)63-52(40)33-41/h7-44H,1-6H3;1-33H. The summed E-state index contributed by atoms with van der Waals surface area (Å²) in [5.41, 5.74) is 47.8. The average Bonchev–Trinajstić information content (AvgIpc) is 1.50. The number of fused-ring (bicyclic) bond motifs is 23. The van der Waals surface area contributed by atoms with Crippen LogP contribution in [0.15, 0.2) is 440 Å². The summed E-state index contributed by atoms with van der Waals surface area (Å²) in [7, 11) is 0. The highest BCUT2D eigenvalue weighted by molar-refractivity contribution is 7.00. The second-order valence-electron chi connectivity index (χ2n) is 38.7. The molecular weight excluding hydrogens is 1820 g/mol. The molecule has 2 aliphatic carbocycles. The zero-order valence-electron chi connectivity index (χ0n) is 80.6. The molecule has 28 rings (SSSR count). The lowest BCUT2D eigenvalue weighted by molar-refractivity contribution is 0.561. The van der Waals surface area contributed by atoms with Gasteiger partial charge in [-0.3, -0.25) is 0 Å². The lowest BCUT2D eigenvalue weighted by atomic mass is 9.70. The van der Waals surface area contributed by atoms with E-state index < -0.39 is 5.41 Å². The first-order valence-electron chi connectivity index (χ1n) is 49.4. The highest BCUT2D eigenvalue weighted by Gasteiger charge is 2.52. The number of aryl methyl sites for hydroxylation is 6. The molecule has 5 aromatic heterocycles. The normalized spacial score (nSPS) is 12.3. The number of benzene rings is 21. The topological polar surface area (TPSA) is 122 Å². The molecular formula is C133H89N9O2S2. The predicted octanol–water partition coefficient (Wildman–Crippen LogP) is 35.0. The third kappa shape index (κ3) is 13.9. The molecule has 0 saturated carbocycles. The predicted molar refractivity (Wildman–Crippen MR) is 606 cm³/mol. The van der Waals surface area contributed by atoms with Crippen molar-refractivity contribution >= 4 is 156 Å². The van der Waals surface area contributed by atoms with E-state index in [2.05, 4.69) is 443 Å². The van der Waals surface area contributed by atoms with E-state index in [0.29, 0.717) is 11.1 Å². The zero-order chi connectivity index (χ0) is 97.8.